The smallest absolute Gasteiger partial charge is 0.140 e. The highest BCUT2D eigenvalue weighted by molar-refractivity contribution is 5.81. The zero-order valence-corrected chi connectivity index (χ0v) is 9.43. The monoisotopic (exact) mass is 241 g/mol. The van der Waals surface area contributed by atoms with Crippen LogP contribution < -0.4 is 5.32 Å². The molecule has 0 aliphatic carbocycles. The van der Waals surface area contributed by atoms with Crippen LogP contribution in [0.2, 0.25) is 0 Å². The van der Waals surface area contributed by atoms with Crippen molar-refractivity contribution in [3.63, 3.8) is 0 Å². The number of nitrogens with one attached hydrogen (secondary N) is 1. The van der Waals surface area contributed by atoms with E-state index in [0.29, 0.717) is 30.6 Å². The van der Waals surface area contributed by atoms with Gasteiger partial charge in [-0.3, -0.25) is 0 Å². The van der Waals surface area contributed by atoms with Gasteiger partial charge in [0, 0.05) is 37.9 Å². The summed E-state index contributed by atoms with van der Waals surface area (Å²) in [5, 5.41) is 3.41. The summed E-state index contributed by atoms with van der Waals surface area (Å²) in [4.78, 5) is 0. The highest BCUT2D eigenvalue weighted by Gasteiger charge is 2.12. The predicted molar refractivity (Wildman–Crippen MR) is 59.7 cm³/mol. The Labute approximate surface area is 97.4 Å². The minimum absolute atomic E-state index is 0.228. The average Bonchev–Trinajstić information content (AvgIpc) is 2.68. The van der Waals surface area contributed by atoms with Crippen LogP contribution in [0.15, 0.2) is 22.8 Å². The SMILES string of the molecule is COCCNCc1coc2cc(F)cc(F)c12. The van der Waals surface area contributed by atoms with Gasteiger partial charge < -0.3 is 14.5 Å². The Bertz CT molecular complexity index is 510. The maximum atomic E-state index is 13.6. The number of rotatable bonds is 5. The van der Waals surface area contributed by atoms with E-state index in [1.165, 1.54) is 12.3 Å². The lowest BCUT2D eigenvalue weighted by Crippen LogP contribution is -2.18. The summed E-state index contributed by atoms with van der Waals surface area (Å²) < 4.78 is 36.5. The van der Waals surface area contributed by atoms with Gasteiger partial charge in [0.15, 0.2) is 0 Å². The number of fused-ring (bicyclic) bond motifs is 1. The zero-order valence-electron chi connectivity index (χ0n) is 9.43. The molecule has 5 heteroatoms. The van der Waals surface area contributed by atoms with Crippen LogP contribution in [0, 0.1) is 11.6 Å². The van der Waals surface area contributed by atoms with Crippen molar-refractivity contribution >= 4 is 11.0 Å². The van der Waals surface area contributed by atoms with Gasteiger partial charge in [-0.1, -0.05) is 0 Å². The van der Waals surface area contributed by atoms with Crippen molar-refractivity contribution in [2.45, 2.75) is 6.54 Å². The van der Waals surface area contributed by atoms with Crippen molar-refractivity contribution in [1.29, 1.82) is 0 Å². The molecule has 2 aromatic rings. The van der Waals surface area contributed by atoms with E-state index < -0.39 is 11.6 Å². The molecule has 1 heterocycles. The van der Waals surface area contributed by atoms with E-state index in [1.54, 1.807) is 7.11 Å². The summed E-state index contributed by atoms with van der Waals surface area (Å²) in [5.74, 6) is -1.24. The maximum Gasteiger partial charge on any atom is 0.140 e. The molecule has 0 saturated heterocycles. The van der Waals surface area contributed by atoms with E-state index in [9.17, 15) is 8.78 Å². The minimum atomic E-state index is -0.636. The van der Waals surface area contributed by atoms with Crippen LogP contribution in [-0.2, 0) is 11.3 Å². The summed E-state index contributed by atoms with van der Waals surface area (Å²) in [6, 6.07) is 2.04. The van der Waals surface area contributed by atoms with Gasteiger partial charge >= 0.3 is 0 Å². The molecule has 0 aliphatic rings. The molecule has 0 unspecified atom stereocenters. The Morgan fingerprint density at radius 1 is 1.35 bits per heavy atom. The summed E-state index contributed by atoms with van der Waals surface area (Å²) in [5.41, 5.74) is 0.902. The van der Waals surface area contributed by atoms with Gasteiger partial charge in [0.1, 0.15) is 17.2 Å². The van der Waals surface area contributed by atoms with Gasteiger partial charge in [0.2, 0.25) is 0 Å². The van der Waals surface area contributed by atoms with E-state index in [2.05, 4.69) is 5.32 Å². The largest absolute Gasteiger partial charge is 0.464 e. The Hall–Kier alpha value is -1.46. The number of hydrogen-bond donors (Lipinski definition) is 1. The molecule has 1 aromatic carbocycles. The second-order valence-corrected chi connectivity index (χ2v) is 3.69. The Morgan fingerprint density at radius 3 is 2.94 bits per heavy atom. The first kappa shape index (κ1) is 12.0. The number of furan rings is 1. The van der Waals surface area contributed by atoms with Crippen molar-refractivity contribution in [2.24, 2.45) is 0 Å². The molecule has 0 saturated carbocycles. The number of methoxy groups -OCH3 is 1. The van der Waals surface area contributed by atoms with Crippen LogP contribution in [0.1, 0.15) is 5.56 Å². The van der Waals surface area contributed by atoms with Crippen LogP contribution in [0.3, 0.4) is 0 Å². The highest BCUT2D eigenvalue weighted by Crippen LogP contribution is 2.25. The molecule has 0 fully saturated rings. The molecule has 0 amide bonds. The van der Waals surface area contributed by atoms with Crippen LogP contribution in [0.25, 0.3) is 11.0 Å². The molecule has 2 rings (SSSR count). The molecular weight excluding hydrogens is 228 g/mol. The Balaban J connectivity index is 2.18. The van der Waals surface area contributed by atoms with Crippen LogP contribution >= 0.6 is 0 Å². The zero-order chi connectivity index (χ0) is 12.3. The third kappa shape index (κ3) is 2.62. The predicted octanol–water partition coefficient (Wildman–Crippen LogP) is 2.45. The summed E-state index contributed by atoms with van der Waals surface area (Å²) in [6.45, 7) is 1.69. The first-order valence-corrected chi connectivity index (χ1v) is 5.27. The third-order valence-corrected chi connectivity index (χ3v) is 2.47. The van der Waals surface area contributed by atoms with Crippen LogP contribution in [0.5, 0.6) is 0 Å². The molecular formula is C12H13F2NO2. The Morgan fingerprint density at radius 2 is 2.18 bits per heavy atom. The number of benzene rings is 1. The average molecular weight is 241 g/mol. The first-order valence-electron chi connectivity index (χ1n) is 5.27. The molecule has 0 radical (unpaired) electrons. The second kappa shape index (κ2) is 5.25. The van der Waals surface area contributed by atoms with Crippen LogP contribution in [0.4, 0.5) is 8.78 Å². The van der Waals surface area contributed by atoms with Gasteiger partial charge in [-0.15, -0.1) is 0 Å². The van der Waals surface area contributed by atoms with Gasteiger partial charge in [-0.05, 0) is 0 Å². The molecule has 0 atom stereocenters. The molecule has 1 N–H and O–H groups in total. The van der Waals surface area contributed by atoms with Gasteiger partial charge in [-0.2, -0.15) is 0 Å². The molecule has 17 heavy (non-hydrogen) atoms. The summed E-state index contributed by atoms with van der Waals surface area (Å²) in [7, 11) is 1.61. The maximum absolute atomic E-state index is 13.6. The fourth-order valence-electron chi connectivity index (χ4n) is 1.68. The fraction of sp³-hybridized carbons (Fsp3) is 0.333. The topological polar surface area (TPSA) is 34.4 Å². The lowest BCUT2D eigenvalue weighted by Gasteiger charge is -2.02. The van der Waals surface area contributed by atoms with Crippen molar-refractivity contribution in [3.05, 3.63) is 35.6 Å². The first-order chi connectivity index (χ1) is 8.22. The van der Waals surface area contributed by atoms with E-state index in [0.717, 1.165) is 6.07 Å². The second-order valence-electron chi connectivity index (χ2n) is 3.69. The lowest BCUT2D eigenvalue weighted by atomic mass is 10.1. The summed E-state index contributed by atoms with van der Waals surface area (Å²) >= 11 is 0. The fourth-order valence-corrected chi connectivity index (χ4v) is 1.68. The lowest BCUT2D eigenvalue weighted by molar-refractivity contribution is 0.199. The van der Waals surface area contributed by atoms with E-state index in [-0.39, 0.29) is 5.58 Å². The van der Waals surface area contributed by atoms with Gasteiger partial charge in [-0.25, -0.2) is 8.78 Å². The van der Waals surface area contributed by atoms with E-state index in [1.807, 2.05) is 0 Å². The Kier molecular flexibility index (Phi) is 3.71. The van der Waals surface area contributed by atoms with Gasteiger partial charge in [0.25, 0.3) is 0 Å². The quantitative estimate of drug-likeness (QED) is 0.816. The van der Waals surface area contributed by atoms with Crippen molar-refractivity contribution < 1.29 is 17.9 Å². The molecule has 1 aromatic heterocycles. The molecule has 0 spiro atoms. The molecule has 0 bridgehead atoms. The number of halogens is 2. The van der Waals surface area contributed by atoms with Crippen molar-refractivity contribution in [1.82, 2.24) is 5.32 Å². The van der Waals surface area contributed by atoms with Crippen molar-refractivity contribution in [3.8, 4) is 0 Å². The summed E-state index contributed by atoms with van der Waals surface area (Å²) in [6.07, 6.45) is 1.44. The van der Waals surface area contributed by atoms with Gasteiger partial charge in [0.05, 0.1) is 18.3 Å². The number of ether oxygens (including phenoxy) is 1. The minimum Gasteiger partial charge on any atom is -0.464 e. The third-order valence-electron chi connectivity index (χ3n) is 2.47. The molecule has 0 aliphatic heterocycles. The highest BCUT2D eigenvalue weighted by atomic mass is 19.1. The van der Waals surface area contributed by atoms with Crippen molar-refractivity contribution in [2.75, 3.05) is 20.3 Å². The van der Waals surface area contributed by atoms with E-state index in [4.69, 9.17) is 9.15 Å². The van der Waals surface area contributed by atoms with Crippen LogP contribution in [-0.4, -0.2) is 20.3 Å². The molecule has 92 valence electrons. The standard InChI is InChI=1S/C12H13F2NO2/c1-16-3-2-15-6-8-7-17-11-5-9(13)4-10(14)12(8)11/h4-5,7,15H,2-3,6H2,1H3. The normalized spacial score (nSPS) is 11.2. The number of hydrogen-bond acceptors (Lipinski definition) is 3. The van der Waals surface area contributed by atoms with E-state index >= 15 is 0 Å². The molecule has 3 nitrogen and oxygen atoms in total.